The molecule has 3 rings (SSSR count). The lowest BCUT2D eigenvalue weighted by Crippen LogP contribution is -1.98. The van der Waals surface area contributed by atoms with Crippen LogP contribution in [0.1, 0.15) is 21.5 Å². The summed E-state index contributed by atoms with van der Waals surface area (Å²) in [5.74, 6) is 0.574. The molecule has 120 valence electrons. The number of rotatable bonds is 6. The lowest BCUT2D eigenvalue weighted by molar-refractivity contribution is 0.111. The molecule has 0 bridgehead atoms. The van der Waals surface area contributed by atoms with Crippen LogP contribution >= 0.6 is 0 Å². The normalized spacial score (nSPS) is 10.4. The van der Waals surface area contributed by atoms with Gasteiger partial charge in [-0.3, -0.25) is 4.79 Å². The molecule has 3 aromatic carbocycles. The smallest absolute Gasteiger partial charge is 0.153 e. The second kappa shape index (κ2) is 7.57. The van der Waals surface area contributed by atoms with E-state index in [1.54, 1.807) is 0 Å². The predicted octanol–water partition coefficient (Wildman–Crippen LogP) is 4.24. The van der Waals surface area contributed by atoms with Gasteiger partial charge in [0.05, 0.1) is 12.2 Å². The maximum absolute atomic E-state index is 11.4. The van der Waals surface area contributed by atoms with Gasteiger partial charge in [0.25, 0.3) is 0 Å². The Labute approximate surface area is 141 Å². The van der Waals surface area contributed by atoms with Crippen molar-refractivity contribution in [2.45, 2.75) is 13.2 Å². The van der Waals surface area contributed by atoms with E-state index in [-0.39, 0.29) is 6.61 Å². The van der Waals surface area contributed by atoms with Crippen molar-refractivity contribution in [3.8, 4) is 16.9 Å². The number of aliphatic hydroxyl groups is 1. The van der Waals surface area contributed by atoms with E-state index < -0.39 is 0 Å². The third-order valence-electron chi connectivity index (χ3n) is 3.84. The molecule has 1 N–H and O–H groups in total. The fourth-order valence-electron chi connectivity index (χ4n) is 2.49. The summed E-state index contributed by atoms with van der Waals surface area (Å²) >= 11 is 0. The SMILES string of the molecule is O=Cc1cc(-c2ccc(CO)cc2)ccc1OCc1ccccc1. The number of carbonyl (C=O) groups is 1. The molecule has 3 aromatic rings. The molecule has 0 aliphatic carbocycles. The highest BCUT2D eigenvalue weighted by atomic mass is 16.5. The van der Waals surface area contributed by atoms with Gasteiger partial charge in [-0.2, -0.15) is 0 Å². The Morgan fingerprint density at radius 1 is 0.833 bits per heavy atom. The summed E-state index contributed by atoms with van der Waals surface area (Å²) in [6.45, 7) is 0.443. The zero-order chi connectivity index (χ0) is 16.8. The van der Waals surface area contributed by atoms with Gasteiger partial charge >= 0.3 is 0 Å². The van der Waals surface area contributed by atoms with Crippen LogP contribution in [0, 0.1) is 0 Å². The first-order valence-corrected chi connectivity index (χ1v) is 7.76. The molecule has 0 amide bonds. The Bertz CT molecular complexity index is 808. The summed E-state index contributed by atoms with van der Waals surface area (Å²) < 4.78 is 5.78. The largest absolute Gasteiger partial charge is 0.488 e. The number of hydrogen-bond acceptors (Lipinski definition) is 3. The first-order chi connectivity index (χ1) is 11.8. The van der Waals surface area contributed by atoms with Gasteiger partial charge in [0.1, 0.15) is 12.4 Å². The van der Waals surface area contributed by atoms with Crippen molar-refractivity contribution in [1.29, 1.82) is 0 Å². The van der Waals surface area contributed by atoms with Crippen LogP contribution in [-0.4, -0.2) is 11.4 Å². The fraction of sp³-hybridized carbons (Fsp3) is 0.0952. The van der Waals surface area contributed by atoms with Gasteiger partial charge in [-0.15, -0.1) is 0 Å². The van der Waals surface area contributed by atoms with Crippen molar-refractivity contribution in [3.05, 3.63) is 89.5 Å². The third kappa shape index (κ3) is 3.70. The molecule has 3 nitrogen and oxygen atoms in total. The van der Waals surface area contributed by atoms with E-state index in [1.165, 1.54) is 0 Å². The van der Waals surface area contributed by atoms with Crippen LogP contribution in [0.25, 0.3) is 11.1 Å². The Hall–Kier alpha value is -2.91. The second-order valence-corrected chi connectivity index (χ2v) is 5.50. The molecular weight excluding hydrogens is 300 g/mol. The molecule has 3 heteroatoms. The van der Waals surface area contributed by atoms with Gasteiger partial charge in [0.2, 0.25) is 0 Å². The highest BCUT2D eigenvalue weighted by molar-refractivity contribution is 5.83. The van der Waals surface area contributed by atoms with E-state index in [4.69, 9.17) is 9.84 Å². The third-order valence-corrected chi connectivity index (χ3v) is 3.84. The zero-order valence-electron chi connectivity index (χ0n) is 13.2. The summed E-state index contributed by atoms with van der Waals surface area (Å²) in [5, 5.41) is 9.11. The van der Waals surface area contributed by atoms with E-state index >= 15 is 0 Å². The lowest BCUT2D eigenvalue weighted by Gasteiger charge is -2.11. The molecule has 0 aliphatic rings. The Kier molecular flexibility index (Phi) is 5.04. The van der Waals surface area contributed by atoms with Crippen LogP contribution in [0.4, 0.5) is 0 Å². The summed E-state index contributed by atoms with van der Waals surface area (Å²) in [7, 11) is 0. The summed E-state index contributed by atoms with van der Waals surface area (Å²) in [4.78, 5) is 11.4. The van der Waals surface area contributed by atoms with Crippen LogP contribution in [0.5, 0.6) is 5.75 Å². The van der Waals surface area contributed by atoms with Crippen LogP contribution in [0.3, 0.4) is 0 Å². The number of aldehydes is 1. The van der Waals surface area contributed by atoms with Gasteiger partial charge < -0.3 is 9.84 Å². The average Bonchev–Trinajstić information content (AvgIpc) is 2.67. The number of aliphatic hydroxyl groups excluding tert-OH is 1. The molecule has 0 spiro atoms. The molecule has 0 unspecified atom stereocenters. The van der Waals surface area contributed by atoms with E-state index in [1.807, 2.05) is 72.8 Å². The minimum absolute atomic E-state index is 0.0200. The Morgan fingerprint density at radius 2 is 1.54 bits per heavy atom. The molecule has 0 saturated carbocycles. The minimum atomic E-state index is 0.0200. The fourth-order valence-corrected chi connectivity index (χ4v) is 2.49. The highest BCUT2D eigenvalue weighted by Gasteiger charge is 2.07. The van der Waals surface area contributed by atoms with Crippen molar-refractivity contribution in [2.24, 2.45) is 0 Å². The summed E-state index contributed by atoms with van der Waals surface area (Å²) in [6, 6.07) is 23.0. The van der Waals surface area contributed by atoms with Gasteiger partial charge in [-0.25, -0.2) is 0 Å². The summed E-state index contributed by atoms with van der Waals surface area (Å²) in [5.41, 5.74) is 4.36. The van der Waals surface area contributed by atoms with Crippen molar-refractivity contribution in [2.75, 3.05) is 0 Å². The molecule has 0 atom stereocenters. The molecule has 24 heavy (non-hydrogen) atoms. The number of carbonyl (C=O) groups excluding carboxylic acids is 1. The van der Waals surface area contributed by atoms with Crippen molar-refractivity contribution in [1.82, 2.24) is 0 Å². The highest BCUT2D eigenvalue weighted by Crippen LogP contribution is 2.26. The monoisotopic (exact) mass is 318 g/mol. The Balaban J connectivity index is 1.80. The predicted molar refractivity (Wildman–Crippen MR) is 94.0 cm³/mol. The molecule has 0 aliphatic heterocycles. The van der Waals surface area contributed by atoms with Crippen molar-refractivity contribution < 1.29 is 14.6 Å². The minimum Gasteiger partial charge on any atom is -0.488 e. The van der Waals surface area contributed by atoms with Gasteiger partial charge in [-0.05, 0) is 34.4 Å². The van der Waals surface area contributed by atoms with Gasteiger partial charge in [0, 0.05) is 0 Å². The first kappa shape index (κ1) is 16.0. The molecule has 0 heterocycles. The standard InChI is InChI=1S/C21H18O3/c22-13-16-6-8-18(9-7-16)19-10-11-21(20(12-19)14-23)24-15-17-4-2-1-3-5-17/h1-12,14,22H,13,15H2. The Morgan fingerprint density at radius 3 is 2.21 bits per heavy atom. The maximum Gasteiger partial charge on any atom is 0.153 e. The van der Waals surface area contributed by atoms with E-state index in [0.717, 1.165) is 28.5 Å². The van der Waals surface area contributed by atoms with Crippen molar-refractivity contribution in [3.63, 3.8) is 0 Å². The van der Waals surface area contributed by atoms with E-state index in [2.05, 4.69) is 0 Å². The van der Waals surface area contributed by atoms with Crippen molar-refractivity contribution >= 4 is 6.29 Å². The van der Waals surface area contributed by atoms with Gasteiger partial charge in [0.15, 0.2) is 6.29 Å². The van der Waals surface area contributed by atoms with Crippen LogP contribution in [-0.2, 0) is 13.2 Å². The quantitative estimate of drug-likeness (QED) is 0.692. The van der Waals surface area contributed by atoms with Crippen LogP contribution in [0.2, 0.25) is 0 Å². The molecule has 0 aromatic heterocycles. The molecule has 0 fully saturated rings. The second-order valence-electron chi connectivity index (χ2n) is 5.50. The van der Waals surface area contributed by atoms with Gasteiger partial charge in [-0.1, -0.05) is 60.7 Å². The summed E-state index contributed by atoms with van der Waals surface area (Å²) in [6.07, 6.45) is 0.811. The van der Waals surface area contributed by atoms with E-state index in [9.17, 15) is 4.79 Å². The number of benzene rings is 3. The maximum atomic E-state index is 11.4. The molecular formula is C21H18O3. The van der Waals surface area contributed by atoms with E-state index in [0.29, 0.717) is 17.9 Å². The average molecular weight is 318 g/mol. The number of hydrogen-bond donors (Lipinski definition) is 1. The van der Waals surface area contributed by atoms with Crippen LogP contribution < -0.4 is 4.74 Å². The molecule has 0 radical (unpaired) electrons. The lowest BCUT2D eigenvalue weighted by atomic mass is 10.0. The topological polar surface area (TPSA) is 46.5 Å². The zero-order valence-corrected chi connectivity index (χ0v) is 13.2. The first-order valence-electron chi connectivity index (χ1n) is 7.76. The number of ether oxygens (including phenoxy) is 1. The molecule has 0 saturated heterocycles. The van der Waals surface area contributed by atoms with Crippen LogP contribution in [0.15, 0.2) is 72.8 Å².